The first-order valence-electron chi connectivity index (χ1n) is 12.6. The van der Waals surface area contributed by atoms with E-state index in [1.54, 1.807) is 6.20 Å². The van der Waals surface area contributed by atoms with Gasteiger partial charge in [-0.2, -0.15) is 6.07 Å². The molecule has 193 valence electrons. The summed E-state index contributed by atoms with van der Waals surface area (Å²) in [5.74, 6) is 0. The summed E-state index contributed by atoms with van der Waals surface area (Å²) in [7, 11) is 0. The molecule has 6 aromatic rings. The predicted octanol–water partition coefficient (Wildman–Crippen LogP) is 7.71. The molecule has 7 rings (SSSR count). The SMILES string of the molecule is CC(C)[N+]1=C=[N+](c2[c-]cc3c(c2)oc2ncccc23)c2ccccc21.Cc1ccc(-c2[c-]cccc2)nc1.[Ir]. The molecule has 1 aliphatic heterocycles. The quantitative estimate of drug-likeness (QED) is 0.142. The standard InChI is InChI=1S/C21H16N3O.C12H10N.Ir/c1-14(2)23-13-24(19-8-4-3-7-18(19)23)15-9-10-16-17-6-5-11-22-21(17)25-20(16)12-15;1-10-7-8-12(13-9-10)11-5-3-2-4-6-11;/h3-8,10-12,14H,1-2H3;2-5,7-9H,1H3;/q+1;-1;. The molecule has 39 heavy (non-hydrogen) atoms. The van der Waals surface area contributed by atoms with Gasteiger partial charge in [-0.05, 0) is 43.5 Å². The van der Waals surface area contributed by atoms with E-state index in [9.17, 15) is 0 Å². The molecule has 0 unspecified atom stereocenters. The van der Waals surface area contributed by atoms with Crippen LogP contribution in [0.2, 0.25) is 0 Å². The third-order valence-electron chi connectivity index (χ3n) is 6.41. The Morgan fingerprint density at radius 1 is 0.872 bits per heavy atom. The molecule has 5 nitrogen and oxygen atoms in total. The fourth-order valence-electron chi connectivity index (χ4n) is 4.50. The van der Waals surface area contributed by atoms with E-state index in [0.29, 0.717) is 11.8 Å². The maximum atomic E-state index is 5.92. The molecule has 4 heterocycles. The van der Waals surface area contributed by atoms with Crippen molar-refractivity contribution in [3.8, 4) is 11.3 Å². The zero-order valence-corrected chi connectivity index (χ0v) is 24.2. The van der Waals surface area contributed by atoms with Gasteiger partial charge in [-0.25, -0.2) is 4.98 Å². The monoisotopic (exact) mass is 687 g/mol. The van der Waals surface area contributed by atoms with Crippen LogP contribution in [0.25, 0.3) is 33.3 Å². The van der Waals surface area contributed by atoms with E-state index < -0.39 is 0 Å². The summed E-state index contributed by atoms with van der Waals surface area (Å²) in [6.45, 7) is 6.35. The number of furan rings is 1. The summed E-state index contributed by atoms with van der Waals surface area (Å²) in [4.78, 5) is 8.62. The molecule has 1 aliphatic rings. The van der Waals surface area contributed by atoms with Gasteiger partial charge < -0.3 is 9.40 Å². The summed E-state index contributed by atoms with van der Waals surface area (Å²) in [6, 6.07) is 38.5. The summed E-state index contributed by atoms with van der Waals surface area (Å²) >= 11 is 0. The Balaban J connectivity index is 0.000000187. The van der Waals surface area contributed by atoms with E-state index in [4.69, 9.17) is 4.42 Å². The normalized spacial score (nSPS) is 11.9. The Labute approximate surface area is 241 Å². The van der Waals surface area contributed by atoms with E-state index in [0.717, 1.165) is 44.7 Å². The minimum Gasteiger partial charge on any atom is -0.465 e. The van der Waals surface area contributed by atoms with Crippen molar-refractivity contribution in [3.05, 3.63) is 115 Å². The number of hydrogen-bond donors (Lipinski definition) is 0. The largest absolute Gasteiger partial charge is 0.494 e. The van der Waals surface area contributed by atoms with Gasteiger partial charge in [0, 0.05) is 50.2 Å². The molecule has 0 aliphatic carbocycles. The Hall–Kier alpha value is -4.21. The number of aromatic nitrogens is 2. The summed E-state index contributed by atoms with van der Waals surface area (Å²) in [5.41, 5.74) is 7.82. The first kappa shape index (κ1) is 26.4. The van der Waals surface area contributed by atoms with Crippen LogP contribution >= 0.6 is 0 Å². The molecule has 3 aromatic heterocycles. The van der Waals surface area contributed by atoms with Gasteiger partial charge in [0.2, 0.25) is 5.71 Å². The topological polar surface area (TPSA) is 44.9 Å². The molecule has 0 fully saturated rings. The zero-order chi connectivity index (χ0) is 26.1. The van der Waals surface area contributed by atoms with Gasteiger partial charge in [0.15, 0.2) is 6.04 Å². The van der Waals surface area contributed by atoms with Crippen molar-refractivity contribution in [3.63, 3.8) is 0 Å². The molecule has 0 spiro atoms. The van der Waals surface area contributed by atoms with Crippen LogP contribution < -0.4 is 4.58 Å². The third-order valence-corrected chi connectivity index (χ3v) is 6.41. The Morgan fingerprint density at radius 3 is 2.44 bits per heavy atom. The molecule has 3 aromatic carbocycles. The van der Waals surface area contributed by atoms with Crippen LogP contribution in [0.4, 0.5) is 17.1 Å². The molecule has 0 N–H and O–H groups in total. The number of nitrogens with zero attached hydrogens (tertiary/aromatic N) is 4. The second-order valence-corrected chi connectivity index (χ2v) is 9.44. The second-order valence-electron chi connectivity index (χ2n) is 9.44. The summed E-state index contributed by atoms with van der Waals surface area (Å²) < 4.78 is 10.1. The number of benzene rings is 3. The minimum atomic E-state index is 0. The Kier molecular flexibility index (Phi) is 7.62. The van der Waals surface area contributed by atoms with Crippen molar-refractivity contribution in [1.82, 2.24) is 14.5 Å². The van der Waals surface area contributed by atoms with Crippen molar-refractivity contribution in [2.45, 2.75) is 26.8 Å². The molecule has 0 saturated carbocycles. The van der Waals surface area contributed by atoms with Crippen LogP contribution in [0, 0.1) is 19.1 Å². The van der Waals surface area contributed by atoms with Gasteiger partial charge in [-0.3, -0.25) is 0 Å². The number of fused-ring (bicyclic) bond motifs is 4. The smallest absolute Gasteiger partial charge is 0.465 e. The van der Waals surface area contributed by atoms with Gasteiger partial charge in [-0.1, -0.05) is 50.9 Å². The van der Waals surface area contributed by atoms with E-state index in [2.05, 4.69) is 70.8 Å². The maximum Gasteiger partial charge on any atom is 0.494 e. The molecular weight excluding hydrogens is 661 g/mol. The van der Waals surface area contributed by atoms with Crippen molar-refractivity contribution in [1.29, 1.82) is 0 Å². The van der Waals surface area contributed by atoms with Crippen molar-refractivity contribution >= 4 is 45.1 Å². The summed E-state index contributed by atoms with van der Waals surface area (Å²) in [5, 5.41) is 2.04. The van der Waals surface area contributed by atoms with Crippen molar-refractivity contribution in [2.75, 3.05) is 0 Å². The van der Waals surface area contributed by atoms with Crippen LogP contribution in [0.5, 0.6) is 0 Å². The zero-order valence-electron chi connectivity index (χ0n) is 21.8. The fourth-order valence-corrected chi connectivity index (χ4v) is 4.50. The number of para-hydroxylation sites is 2. The minimum absolute atomic E-state index is 0. The van der Waals surface area contributed by atoms with Gasteiger partial charge in [0.25, 0.3) is 11.4 Å². The molecule has 1 radical (unpaired) electrons. The fraction of sp³-hybridized carbons (Fsp3) is 0.121. The van der Waals surface area contributed by atoms with Gasteiger partial charge in [0.05, 0.1) is 0 Å². The third kappa shape index (κ3) is 5.23. The first-order valence-corrected chi connectivity index (χ1v) is 12.6. The molecule has 6 heteroatoms. The predicted molar refractivity (Wildman–Crippen MR) is 152 cm³/mol. The van der Waals surface area contributed by atoms with Crippen LogP contribution in [0.1, 0.15) is 19.4 Å². The summed E-state index contributed by atoms with van der Waals surface area (Å²) in [6.07, 6.45) is 3.62. The van der Waals surface area contributed by atoms with E-state index in [1.807, 2.05) is 78.4 Å². The van der Waals surface area contributed by atoms with Crippen LogP contribution in [-0.2, 0) is 20.1 Å². The molecule has 0 bridgehead atoms. The van der Waals surface area contributed by atoms with Gasteiger partial charge in [-0.15, -0.1) is 42.0 Å². The molecule has 0 atom stereocenters. The van der Waals surface area contributed by atoms with Crippen LogP contribution in [0.3, 0.4) is 0 Å². The van der Waals surface area contributed by atoms with Crippen molar-refractivity contribution in [2.24, 2.45) is 0 Å². The number of aryl methyl sites for hydroxylation is 1. The molecule has 0 amide bonds. The van der Waals surface area contributed by atoms with E-state index >= 15 is 0 Å². The maximum absolute atomic E-state index is 5.92. The average molecular weight is 687 g/mol. The van der Waals surface area contributed by atoms with E-state index in [1.165, 1.54) is 5.56 Å². The number of pyridine rings is 2. The van der Waals surface area contributed by atoms with Crippen LogP contribution in [0.15, 0.2) is 102 Å². The van der Waals surface area contributed by atoms with Crippen LogP contribution in [-0.4, -0.2) is 26.6 Å². The first-order chi connectivity index (χ1) is 18.6. The Bertz CT molecular complexity index is 1830. The number of rotatable bonds is 3. The second kappa shape index (κ2) is 11.3. The molecule has 0 saturated heterocycles. The Morgan fingerprint density at radius 2 is 1.69 bits per heavy atom. The van der Waals surface area contributed by atoms with E-state index in [-0.39, 0.29) is 20.1 Å². The van der Waals surface area contributed by atoms with Crippen molar-refractivity contribution < 1.29 is 29.1 Å². The average Bonchev–Trinajstić information content (AvgIpc) is 3.53. The van der Waals surface area contributed by atoms with Gasteiger partial charge >= 0.3 is 6.01 Å². The number of hydrogen-bond acceptors (Lipinski definition) is 3. The van der Waals surface area contributed by atoms with Gasteiger partial charge in [0.1, 0.15) is 5.69 Å². The molecular formula is C33H26IrN4O.